The minimum atomic E-state index is -3.70. The number of aryl methyl sites for hydroxylation is 1. The Hall–Kier alpha value is -2.97. The Kier molecular flexibility index (Phi) is 5.21. The number of hydrogen-bond acceptors (Lipinski definition) is 5. The summed E-state index contributed by atoms with van der Waals surface area (Å²) < 4.78 is 33.4. The topological polar surface area (TPSA) is 92.5 Å². The van der Waals surface area contributed by atoms with E-state index in [1.807, 2.05) is 6.07 Å². The quantitative estimate of drug-likeness (QED) is 0.697. The molecular formula is C21H21N3O4S. The lowest BCUT2D eigenvalue weighted by atomic mass is 9.99. The van der Waals surface area contributed by atoms with Crippen LogP contribution in [-0.2, 0) is 29.5 Å². The Balaban J connectivity index is 1.51. The van der Waals surface area contributed by atoms with Gasteiger partial charge in [0.2, 0.25) is 10.0 Å². The number of rotatable bonds is 5. The zero-order chi connectivity index (χ0) is 20.4. The number of fused-ring (bicyclic) bond motifs is 1. The van der Waals surface area contributed by atoms with Crippen LogP contribution in [-0.4, -0.2) is 30.8 Å². The molecule has 0 radical (unpaired) electrons. The number of carbonyl (C=O) groups is 1. The third kappa shape index (κ3) is 4.23. The van der Waals surface area contributed by atoms with Gasteiger partial charge in [-0.05, 0) is 60.9 Å². The largest absolute Gasteiger partial charge is 0.465 e. The fourth-order valence-corrected chi connectivity index (χ4v) is 4.40. The third-order valence-electron chi connectivity index (χ3n) is 4.90. The van der Waals surface area contributed by atoms with Crippen LogP contribution in [0.5, 0.6) is 0 Å². The van der Waals surface area contributed by atoms with Crippen molar-refractivity contribution in [2.75, 3.05) is 6.54 Å². The van der Waals surface area contributed by atoms with Crippen molar-refractivity contribution in [3.8, 4) is 0 Å². The Morgan fingerprint density at radius 1 is 1.17 bits per heavy atom. The van der Waals surface area contributed by atoms with Crippen LogP contribution in [0, 0.1) is 6.92 Å². The Morgan fingerprint density at radius 2 is 2.03 bits per heavy atom. The predicted molar refractivity (Wildman–Crippen MR) is 107 cm³/mol. The number of aromatic nitrogens is 1. The molecule has 0 fully saturated rings. The summed E-state index contributed by atoms with van der Waals surface area (Å²) in [6.45, 7) is 2.81. The molecular weight excluding hydrogens is 390 g/mol. The summed E-state index contributed by atoms with van der Waals surface area (Å²) in [7, 11) is -3.70. The molecule has 1 aliphatic rings. The van der Waals surface area contributed by atoms with Gasteiger partial charge in [0.1, 0.15) is 17.2 Å². The number of pyridine rings is 1. The van der Waals surface area contributed by atoms with Crippen molar-refractivity contribution in [2.45, 2.75) is 31.3 Å². The number of nitrogens with zero attached hydrogens (tertiary/aromatic N) is 2. The molecule has 4 rings (SSSR count). The standard InChI is InChI=1S/C21H21N3O4S/c1-15-5-7-18(28-15)13-23-29(26,27)19-8-6-16-9-11-24(14-17(16)12-19)21(25)20-4-2-3-10-22-20/h2-8,10,12,23H,9,11,13-14H2,1H3. The first-order valence-electron chi connectivity index (χ1n) is 9.29. The predicted octanol–water partition coefficient (Wildman–Crippen LogP) is 2.66. The van der Waals surface area contributed by atoms with Gasteiger partial charge in [0.05, 0.1) is 11.4 Å². The smallest absolute Gasteiger partial charge is 0.272 e. The summed E-state index contributed by atoms with van der Waals surface area (Å²) in [4.78, 5) is 18.7. The van der Waals surface area contributed by atoms with Crippen LogP contribution in [0.1, 0.15) is 33.1 Å². The molecule has 2 aromatic heterocycles. The van der Waals surface area contributed by atoms with Crippen molar-refractivity contribution in [2.24, 2.45) is 0 Å². The van der Waals surface area contributed by atoms with Gasteiger partial charge in [-0.15, -0.1) is 0 Å². The summed E-state index contributed by atoms with van der Waals surface area (Å²) in [6.07, 6.45) is 2.26. The maximum Gasteiger partial charge on any atom is 0.272 e. The van der Waals surface area contributed by atoms with Gasteiger partial charge in [-0.25, -0.2) is 13.1 Å². The van der Waals surface area contributed by atoms with Gasteiger partial charge in [0.25, 0.3) is 5.91 Å². The van der Waals surface area contributed by atoms with Crippen LogP contribution in [0.4, 0.5) is 0 Å². The zero-order valence-electron chi connectivity index (χ0n) is 16.0. The summed E-state index contributed by atoms with van der Waals surface area (Å²) in [6, 6.07) is 13.8. The van der Waals surface area contributed by atoms with Crippen LogP contribution in [0.15, 0.2) is 64.0 Å². The van der Waals surface area contributed by atoms with E-state index in [2.05, 4.69) is 9.71 Å². The fraction of sp³-hybridized carbons (Fsp3) is 0.238. The molecule has 3 heterocycles. The monoisotopic (exact) mass is 411 g/mol. The molecule has 29 heavy (non-hydrogen) atoms. The second-order valence-electron chi connectivity index (χ2n) is 6.96. The van der Waals surface area contributed by atoms with Gasteiger partial charge < -0.3 is 9.32 Å². The molecule has 0 atom stereocenters. The van der Waals surface area contributed by atoms with Gasteiger partial charge in [-0.3, -0.25) is 9.78 Å². The van der Waals surface area contributed by atoms with Crippen molar-refractivity contribution in [1.82, 2.24) is 14.6 Å². The Labute approximate surface area is 169 Å². The molecule has 1 aromatic carbocycles. The van der Waals surface area contributed by atoms with Crippen molar-refractivity contribution in [3.63, 3.8) is 0 Å². The van der Waals surface area contributed by atoms with Gasteiger partial charge in [0.15, 0.2) is 0 Å². The molecule has 0 bridgehead atoms. The number of carbonyl (C=O) groups excluding carboxylic acids is 1. The molecule has 0 saturated carbocycles. The second-order valence-corrected chi connectivity index (χ2v) is 8.73. The lowest BCUT2D eigenvalue weighted by Crippen LogP contribution is -2.36. The summed E-state index contributed by atoms with van der Waals surface area (Å²) in [5, 5.41) is 0. The van der Waals surface area contributed by atoms with Crippen LogP contribution in [0.3, 0.4) is 0 Å². The highest BCUT2D eigenvalue weighted by molar-refractivity contribution is 7.89. The van der Waals surface area contributed by atoms with E-state index in [9.17, 15) is 13.2 Å². The second kappa shape index (κ2) is 7.81. The number of hydrogen-bond donors (Lipinski definition) is 1. The number of nitrogens with one attached hydrogen (secondary N) is 1. The van der Waals surface area contributed by atoms with E-state index in [1.165, 1.54) is 0 Å². The first kappa shape index (κ1) is 19.4. The fourth-order valence-electron chi connectivity index (χ4n) is 3.35. The molecule has 0 saturated heterocycles. The SMILES string of the molecule is Cc1ccc(CNS(=O)(=O)c2ccc3c(c2)CN(C(=O)c2ccccn2)CC3)o1. The maximum atomic E-state index is 12.7. The van der Waals surface area contributed by atoms with Crippen molar-refractivity contribution < 1.29 is 17.6 Å². The maximum absolute atomic E-state index is 12.7. The Bertz CT molecular complexity index is 1140. The van der Waals surface area contributed by atoms with Crippen molar-refractivity contribution in [3.05, 3.63) is 83.1 Å². The number of benzene rings is 1. The van der Waals surface area contributed by atoms with E-state index >= 15 is 0 Å². The molecule has 7 nitrogen and oxygen atoms in total. The Morgan fingerprint density at radius 3 is 2.76 bits per heavy atom. The van der Waals surface area contributed by atoms with E-state index in [0.717, 1.165) is 16.9 Å². The summed E-state index contributed by atoms with van der Waals surface area (Å²) >= 11 is 0. The van der Waals surface area contributed by atoms with Crippen molar-refractivity contribution >= 4 is 15.9 Å². The molecule has 1 N–H and O–H groups in total. The van der Waals surface area contributed by atoms with E-state index in [1.54, 1.807) is 60.5 Å². The van der Waals surface area contributed by atoms with E-state index in [4.69, 9.17) is 4.42 Å². The first-order valence-corrected chi connectivity index (χ1v) is 10.8. The van der Waals surface area contributed by atoms with E-state index in [-0.39, 0.29) is 17.3 Å². The highest BCUT2D eigenvalue weighted by Crippen LogP contribution is 2.23. The van der Waals surface area contributed by atoms with Gasteiger partial charge >= 0.3 is 0 Å². The summed E-state index contributed by atoms with van der Waals surface area (Å²) in [5.74, 6) is 1.12. The molecule has 1 aliphatic heterocycles. The molecule has 8 heteroatoms. The lowest BCUT2D eigenvalue weighted by molar-refractivity contribution is 0.0728. The lowest BCUT2D eigenvalue weighted by Gasteiger charge is -2.29. The molecule has 1 amide bonds. The average Bonchev–Trinajstić information content (AvgIpc) is 3.17. The van der Waals surface area contributed by atoms with Gasteiger partial charge in [-0.2, -0.15) is 0 Å². The summed E-state index contributed by atoms with van der Waals surface area (Å²) in [5.41, 5.74) is 2.27. The number of sulfonamides is 1. The molecule has 3 aromatic rings. The number of amides is 1. The van der Waals surface area contributed by atoms with Gasteiger partial charge in [0, 0.05) is 19.3 Å². The molecule has 0 spiro atoms. The third-order valence-corrected chi connectivity index (χ3v) is 6.30. The molecule has 0 unspecified atom stereocenters. The van der Waals surface area contributed by atoms with Crippen LogP contribution in [0.25, 0.3) is 0 Å². The van der Waals surface area contributed by atoms with E-state index in [0.29, 0.717) is 31.0 Å². The van der Waals surface area contributed by atoms with E-state index < -0.39 is 10.0 Å². The highest BCUT2D eigenvalue weighted by Gasteiger charge is 2.24. The number of furan rings is 1. The van der Waals surface area contributed by atoms with Crippen LogP contribution >= 0.6 is 0 Å². The van der Waals surface area contributed by atoms with Crippen LogP contribution < -0.4 is 4.72 Å². The van der Waals surface area contributed by atoms with Crippen LogP contribution in [0.2, 0.25) is 0 Å². The minimum absolute atomic E-state index is 0.0809. The van der Waals surface area contributed by atoms with Crippen molar-refractivity contribution in [1.29, 1.82) is 0 Å². The molecule has 0 aliphatic carbocycles. The van der Waals surface area contributed by atoms with Gasteiger partial charge in [-0.1, -0.05) is 12.1 Å². The average molecular weight is 411 g/mol. The highest BCUT2D eigenvalue weighted by atomic mass is 32.2. The normalized spacial score (nSPS) is 13.9. The zero-order valence-corrected chi connectivity index (χ0v) is 16.8. The first-order chi connectivity index (χ1) is 13.9. The molecule has 150 valence electrons. The minimum Gasteiger partial charge on any atom is -0.465 e.